The second kappa shape index (κ2) is 5.10. The molecule has 2 aliphatic carbocycles. The van der Waals surface area contributed by atoms with E-state index in [2.05, 4.69) is 41.5 Å². The van der Waals surface area contributed by atoms with Gasteiger partial charge in [-0.3, -0.25) is 0 Å². The lowest BCUT2D eigenvalue weighted by atomic mass is 9.83. The molecule has 0 aliphatic heterocycles. The Morgan fingerprint density at radius 3 is 1.62 bits per heavy atom. The van der Waals surface area contributed by atoms with Gasteiger partial charge in [0.25, 0.3) is 0 Å². The Bertz CT molecular complexity index is 212. The molecule has 2 unspecified atom stereocenters. The van der Waals surface area contributed by atoms with Gasteiger partial charge in [0.15, 0.2) is 0 Å². The highest BCUT2D eigenvalue weighted by Gasteiger charge is 2.30. The molecule has 0 heteroatoms. The lowest BCUT2D eigenvalue weighted by Crippen LogP contribution is -2.13. The van der Waals surface area contributed by atoms with Gasteiger partial charge in [-0.25, -0.2) is 0 Å². The van der Waals surface area contributed by atoms with E-state index in [1.165, 1.54) is 38.5 Å². The Balaban J connectivity index is 0.000000160. The van der Waals surface area contributed by atoms with Gasteiger partial charge >= 0.3 is 0 Å². The van der Waals surface area contributed by atoms with Crippen molar-refractivity contribution in [3.05, 3.63) is 0 Å². The standard InChI is InChI=1S/2C8H16/c1-7-4-5-8(2,3)6-7;1-7-5-4-6-8(7,2)3/h2*7H,4-6H2,1-3H3. The normalized spacial score (nSPS) is 35.6. The SMILES string of the molecule is CC1CCC(C)(C)C1.CC1CCCC1(C)C. The van der Waals surface area contributed by atoms with E-state index >= 15 is 0 Å². The van der Waals surface area contributed by atoms with Crippen LogP contribution in [0.15, 0.2) is 0 Å². The molecule has 96 valence electrons. The second-order valence-corrected chi connectivity index (χ2v) is 7.79. The van der Waals surface area contributed by atoms with Crippen molar-refractivity contribution in [3.8, 4) is 0 Å². The van der Waals surface area contributed by atoms with Crippen LogP contribution in [0.1, 0.15) is 80.1 Å². The number of rotatable bonds is 0. The van der Waals surface area contributed by atoms with Gasteiger partial charge in [0.05, 0.1) is 0 Å². The fraction of sp³-hybridized carbons (Fsp3) is 1.00. The lowest BCUT2D eigenvalue weighted by Gasteiger charge is -2.22. The predicted molar refractivity (Wildman–Crippen MR) is 73.6 cm³/mol. The molecule has 0 radical (unpaired) electrons. The minimum Gasteiger partial charge on any atom is -0.0625 e. The van der Waals surface area contributed by atoms with Crippen LogP contribution in [0.5, 0.6) is 0 Å². The minimum absolute atomic E-state index is 0.653. The monoisotopic (exact) mass is 224 g/mol. The van der Waals surface area contributed by atoms with Crippen LogP contribution >= 0.6 is 0 Å². The zero-order valence-corrected chi connectivity index (χ0v) is 12.4. The van der Waals surface area contributed by atoms with Gasteiger partial charge < -0.3 is 0 Å². The Morgan fingerprint density at radius 2 is 1.50 bits per heavy atom. The zero-order chi connectivity index (χ0) is 12.4. The first-order valence-electron chi connectivity index (χ1n) is 7.23. The van der Waals surface area contributed by atoms with Gasteiger partial charge in [-0.2, -0.15) is 0 Å². The van der Waals surface area contributed by atoms with Crippen LogP contribution < -0.4 is 0 Å². The molecule has 0 saturated heterocycles. The molecule has 0 aromatic rings. The van der Waals surface area contributed by atoms with Crippen molar-refractivity contribution in [1.82, 2.24) is 0 Å². The van der Waals surface area contributed by atoms with Crippen molar-refractivity contribution in [2.45, 2.75) is 80.1 Å². The highest BCUT2D eigenvalue weighted by Crippen LogP contribution is 2.41. The molecule has 0 amide bonds. The third kappa shape index (κ3) is 4.11. The summed E-state index contributed by atoms with van der Waals surface area (Å²) in [6.45, 7) is 14.2. The molecule has 0 aromatic heterocycles. The summed E-state index contributed by atoms with van der Waals surface area (Å²) in [6, 6.07) is 0. The maximum Gasteiger partial charge on any atom is -0.0329 e. The van der Waals surface area contributed by atoms with E-state index in [0.29, 0.717) is 10.8 Å². The number of hydrogen-bond donors (Lipinski definition) is 0. The van der Waals surface area contributed by atoms with Gasteiger partial charge in [0.1, 0.15) is 0 Å². The first-order valence-corrected chi connectivity index (χ1v) is 7.23. The molecule has 2 atom stereocenters. The quantitative estimate of drug-likeness (QED) is 0.497. The fourth-order valence-corrected chi connectivity index (χ4v) is 3.29. The van der Waals surface area contributed by atoms with Crippen LogP contribution in [-0.4, -0.2) is 0 Å². The first-order chi connectivity index (χ1) is 7.23. The van der Waals surface area contributed by atoms with E-state index in [4.69, 9.17) is 0 Å². The smallest absolute Gasteiger partial charge is 0.0329 e. The van der Waals surface area contributed by atoms with Crippen LogP contribution in [0.25, 0.3) is 0 Å². The summed E-state index contributed by atoms with van der Waals surface area (Å²) in [7, 11) is 0. The van der Waals surface area contributed by atoms with Gasteiger partial charge in [0, 0.05) is 0 Å². The topological polar surface area (TPSA) is 0 Å². The van der Waals surface area contributed by atoms with Crippen molar-refractivity contribution in [2.75, 3.05) is 0 Å². The molecule has 0 nitrogen and oxygen atoms in total. The maximum atomic E-state index is 2.38. The summed E-state index contributed by atoms with van der Waals surface area (Å²) >= 11 is 0. The van der Waals surface area contributed by atoms with Crippen LogP contribution in [0.2, 0.25) is 0 Å². The average molecular weight is 224 g/mol. The van der Waals surface area contributed by atoms with E-state index in [-0.39, 0.29) is 0 Å². The predicted octanol–water partition coefficient (Wildman–Crippen LogP) is 5.67. The molecule has 0 heterocycles. The molecule has 0 aromatic carbocycles. The molecular formula is C16H32. The second-order valence-electron chi connectivity index (χ2n) is 7.79. The van der Waals surface area contributed by atoms with Crippen molar-refractivity contribution in [2.24, 2.45) is 22.7 Å². The van der Waals surface area contributed by atoms with E-state index in [1.54, 1.807) is 0 Å². The maximum absolute atomic E-state index is 2.38. The van der Waals surface area contributed by atoms with Gasteiger partial charge in [-0.15, -0.1) is 0 Å². The summed E-state index contributed by atoms with van der Waals surface area (Å²) in [5.41, 5.74) is 1.32. The summed E-state index contributed by atoms with van der Waals surface area (Å²) in [5, 5.41) is 0. The minimum atomic E-state index is 0.653. The van der Waals surface area contributed by atoms with E-state index < -0.39 is 0 Å². The molecule has 2 rings (SSSR count). The fourth-order valence-electron chi connectivity index (χ4n) is 3.29. The van der Waals surface area contributed by atoms with Gasteiger partial charge in [-0.05, 0) is 41.9 Å². The Kier molecular flexibility index (Phi) is 4.49. The molecule has 2 saturated carbocycles. The van der Waals surface area contributed by atoms with Gasteiger partial charge in [0.2, 0.25) is 0 Å². The summed E-state index contributed by atoms with van der Waals surface area (Å²) in [5.74, 6) is 1.95. The molecule has 16 heavy (non-hydrogen) atoms. The van der Waals surface area contributed by atoms with Gasteiger partial charge in [-0.1, -0.05) is 60.8 Å². The Morgan fingerprint density at radius 1 is 0.875 bits per heavy atom. The lowest BCUT2D eigenvalue weighted by molar-refractivity contribution is 0.281. The van der Waals surface area contributed by atoms with Crippen LogP contribution in [0.4, 0.5) is 0 Å². The third-order valence-electron chi connectivity index (χ3n) is 5.01. The van der Waals surface area contributed by atoms with E-state index in [9.17, 15) is 0 Å². The van der Waals surface area contributed by atoms with Crippen LogP contribution in [0.3, 0.4) is 0 Å². The van der Waals surface area contributed by atoms with Crippen molar-refractivity contribution >= 4 is 0 Å². The van der Waals surface area contributed by atoms with Crippen LogP contribution in [-0.2, 0) is 0 Å². The molecule has 2 fully saturated rings. The molecule has 0 bridgehead atoms. The zero-order valence-electron chi connectivity index (χ0n) is 12.4. The van der Waals surface area contributed by atoms with Crippen LogP contribution in [0, 0.1) is 22.7 Å². The summed E-state index contributed by atoms with van der Waals surface area (Å²) in [6.07, 6.45) is 8.67. The number of hydrogen-bond acceptors (Lipinski definition) is 0. The van der Waals surface area contributed by atoms with E-state index in [0.717, 1.165) is 11.8 Å². The molecule has 2 aliphatic rings. The largest absolute Gasteiger partial charge is 0.0625 e. The molecular weight excluding hydrogens is 192 g/mol. The highest BCUT2D eigenvalue weighted by atomic mass is 14.4. The van der Waals surface area contributed by atoms with Crippen molar-refractivity contribution < 1.29 is 0 Å². The average Bonchev–Trinajstić information content (AvgIpc) is 2.58. The summed E-state index contributed by atoms with van der Waals surface area (Å²) in [4.78, 5) is 0. The highest BCUT2D eigenvalue weighted by molar-refractivity contribution is 4.81. The van der Waals surface area contributed by atoms with Crippen molar-refractivity contribution in [1.29, 1.82) is 0 Å². The van der Waals surface area contributed by atoms with E-state index in [1.807, 2.05) is 0 Å². The van der Waals surface area contributed by atoms with Crippen molar-refractivity contribution in [3.63, 3.8) is 0 Å². The third-order valence-corrected chi connectivity index (χ3v) is 5.01. The summed E-state index contributed by atoms with van der Waals surface area (Å²) < 4.78 is 0. The molecule has 0 N–H and O–H groups in total. The molecule has 0 spiro atoms. The Hall–Kier alpha value is 0. The first kappa shape index (κ1) is 14.1. The Labute approximate surface area is 103 Å².